The van der Waals surface area contributed by atoms with Gasteiger partial charge in [-0.2, -0.15) is 0 Å². The van der Waals surface area contributed by atoms with E-state index in [9.17, 15) is 5.11 Å². The Labute approximate surface area is 172 Å². The Bertz CT molecular complexity index is 800. The Balaban J connectivity index is 0.00000225. The minimum Gasteiger partial charge on any atom is -0.508 e. The number of ether oxygens (including phenoxy) is 1. The molecular formula is C24H26ClNO2. The van der Waals surface area contributed by atoms with Crippen molar-refractivity contribution in [1.29, 1.82) is 0 Å². The fourth-order valence-corrected chi connectivity index (χ4v) is 3.85. The predicted molar refractivity (Wildman–Crippen MR) is 115 cm³/mol. The van der Waals surface area contributed by atoms with Gasteiger partial charge in [-0.3, -0.25) is 0 Å². The summed E-state index contributed by atoms with van der Waals surface area (Å²) in [6.45, 7) is 1.50. The van der Waals surface area contributed by atoms with E-state index in [-0.39, 0.29) is 24.4 Å². The van der Waals surface area contributed by atoms with Crippen LogP contribution in [-0.2, 0) is 11.3 Å². The van der Waals surface area contributed by atoms with Gasteiger partial charge in [0.05, 0.1) is 12.7 Å². The van der Waals surface area contributed by atoms with E-state index >= 15 is 0 Å². The lowest BCUT2D eigenvalue weighted by Crippen LogP contribution is -2.29. The molecular weight excluding hydrogens is 370 g/mol. The second-order valence-electron chi connectivity index (χ2n) is 7.15. The van der Waals surface area contributed by atoms with Crippen LogP contribution in [0.3, 0.4) is 0 Å². The summed E-state index contributed by atoms with van der Waals surface area (Å²) in [5, 5.41) is 13.0. The zero-order chi connectivity index (χ0) is 18.5. The monoisotopic (exact) mass is 395 g/mol. The molecule has 2 N–H and O–H groups in total. The van der Waals surface area contributed by atoms with Gasteiger partial charge in [-0.1, -0.05) is 72.8 Å². The van der Waals surface area contributed by atoms with Gasteiger partial charge in [0, 0.05) is 18.5 Å². The number of nitrogens with one attached hydrogen (secondary N) is 1. The number of phenolic OH excluding ortho intramolecular Hbond substituents is 1. The van der Waals surface area contributed by atoms with Crippen molar-refractivity contribution < 1.29 is 9.84 Å². The Morgan fingerprint density at radius 1 is 0.857 bits per heavy atom. The van der Waals surface area contributed by atoms with Crippen LogP contribution in [0.1, 0.15) is 29.0 Å². The third-order valence-electron chi connectivity index (χ3n) is 5.25. The first-order valence-electron chi connectivity index (χ1n) is 9.52. The summed E-state index contributed by atoms with van der Waals surface area (Å²) in [6, 6.07) is 29.0. The van der Waals surface area contributed by atoms with Crippen molar-refractivity contribution in [3.05, 3.63) is 102 Å². The fraction of sp³-hybridized carbons (Fsp3) is 0.250. The van der Waals surface area contributed by atoms with Gasteiger partial charge in [-0.25, -0.2) is 0 Å². The Morgan fingerprint density at radius 2 is 1.43 bits per heavy atom. The molecule has 3 aromatic rings. The lowest BCUT2D eigenvalue weighted by Gasteiger charge is -2.24. The van der Waals surface area contributed by atoms with Crippen molar-refractivity contribution in [1.82, 2.24) is 5.32 Å². The Hall–Kier alpha value is -2.33. The highest BCUT2D eigenvalue weighted by Gasteiger charge is 2.33. The van der Waals surface area contributed by atoms with E-state index in [0.717, 1.165) is 19.6 Å². The van der Waals surface area contributed by atoms with Gasteiger partial charge in [0.15, 0.2) is 0 Å². The summed E-state index contributed by atoms with van der Waals surface area (Å²) in [5.41, 5.74) is 3.76. The average Bonchev–Trinajstić information content (AvgIpc) is 3.18. The quantitative estimate of drug-likeness (QED) is 0.624. The standard InChI is InChI=1S/C24H25NO2.ClH/c26-22-13-11-18(12-14-22)16-25-21-15-23(27-17-21)24(19-7-3-1-4-8-19)20-9-5-2-6-10-20;/h1-14,21,23-26H,15-17H2;1H/t21-,23+;/m1./s1. The van der Waals surface area contributed by atoms with Gasteiger partial charge in [0.25, 0.3) is 0 Å². The second-order valence-corrected chi connectivity index (χ2v) is 7.15. The number of hydrogen-bond acceptors (Lipinski definition) is 3. The molecule has 0 saturated carbocycles. The maximum Gasteiger partial charge on any atom is 0.115 e. The molecule has 0 bridgehead atoms. The van der Waals surface area contributed by atoms with Crippen LogP contribution in [-0.4, -0.2) is 23.9 Å². The predicted octanol–water partition coefficient (Wildman–Crippen LogP) is 4.89. The molecule has 4 heteroatoms. The van der Waals surface area contributed by atoms with Gasteiger partial charge >= 0.3 is 0 Å². The van der Waals surface area contributed by atoms with Gasteiger partial charge in [0.1, 0.15) is 5.75 Å². The molecule has 1 aliphatic heterocycles. The summed E-state index contributed by atoms with van der Waals surface area (Å²) in [6.07, 6.45) is 1.14. The first-order valence-corrected chi connectivity index (χ1v) is 9.52. The Morgan fingerprint density at radius 3 is 2.00 bits per heavy atom. The summed E-state index contributed by atoms with van der Waals surface area (Å²) in [4.78, 5) is 0. The van der Waals surface area contributed by atoms with Gasteiger partial charge in [-0.15, -0.1) is 12.4 Å². The van der Waals surface area contributed by atoms with Crippen LogP contribution in [0.15, 0.2) is 84.9 Å². The molecule has 1 aliphatic rings. The van der Waals surface area contributed by atoms with Crippen LogP contribution in [0.5, 0.6) is 5.75 Å². The minimum absolute atomic E-state index is 0. The normalized spacial score (nSPS) is 18.8. The number of benzene rings is 3. The lowest BCUT2D eigenvalue weighted by molar-refractivity contribution is 0.0959. The van der Waals surface area contributed by atoms with Crippen molar-refractivity contribution in [3.8, 4) is 5.75 Å². The van der Waals surface area contributed by atoms with Crippen molar-refractivity contribution in [2.75, 3.05) is 6.61 Å². The van der Waals surface area contributed by atoms with Crippen LogP contribution < -0.4 is 5.32 Å². The largest absolute Gasteiger partial charge is 0.508 e. The van der Waals surface area contributed by atoms with Crippen LogP contribution in [0.4, 0.5) is 0 Å². The molecule has 146 valence electrons. The highest BCUT2D eigenvalue weighted by Crippen LogP contribution is 2.34. The third kappa shape index (κ3) is 4.93. The molecule has 0 radical (unpaired) electrons. The van der Waals surface area contributed by atoms with Crippen molar-refractivity contribution in [2.45, 2.75) is 31.0 Å². The molecule has 0 spiro atoms. The average molecular weight is 396 g/mol. The summed E-state index contributed by atoms with van der Waals surface area (Å²) in [7, 11) is 0. The first-order chi connectivity index (χ1) is 13.3. The molecule has 2 atom stereocenters. The number of hydrogen-bond donors (Lipinski definition) is 2. The molecule has 3 nitrogen and oxygen atoms in total. The number of halogens is 1. The molecule has 1 heterocycles. The maximum atomic E-state index is 9.41. The number of phenols is 1. The van der Waals surface area contributed by atoms with Crippen LogP contribution in [0.25, 0.3) is 0 Å². The van der Waals surface area contributed by atoms with E-state index in [2.05, 4.69) is 66.0 Å². The molecule has 0 unspecified atom stereocenters. The van der Waals surface area contributed by atoms with Crippen molar-refractivity contribution >= 4 is 12.4 Å². The highest BCUT2D eigenvalue weighted by atomic mass is 35.5. The molecule has 0 aromatic heterocycles. The molecule has 4 rings (SSSR count). The molecule has 0 amide bonds. The molecule has 1 saturated heterocycles. The van der Waals surface area contributed by atoms with E-state index in [1.807, 2.05) is 12.1 Å². The fourth-order valence-electron chi connectivity index (χ4n) is 3.85. The minimum atomic E-state index is 0. The number of aromatic hydroxyl groups is 1. The van der Waals surface area contributed by atoms with E-state index in [4.69, 9.17) is 4.74 Å². The van der Waals surface area contributed by atoms with E-state index in [1.54, 1.807) is 12.1 Å². The van der Waals surface area contributed by atoms with Crippen LogP contribution in [0, 0.1) is 0 Å². The lowest BCUT2D eigenvalue weighted by atomic mass is 9.85. The highest BCUT2D eigenvalue weighted by molar-refractivity contribution is 5.85. The number of rotatable bonds is 6. The zero-order valence-electron chi connectivity index (χ0n) is 15.7. The topological polar surface area (TPSA) is 41.5 Å². The SMILES string of the molecule is Cl.Oc1ccc(CN[C@H]2CO[C@H](C(c3ccccc3)c3ccccc3)C2)cc1. The molecule has 1 fully saturated rings. The van der Waals surface area contributed by atoms with Crippen molar-refractivity contribution in [2.24, 2.45) is 0 Å². The molecule has 0 aliphatic carbocycles. The van der Waals surface area contributed by atoms with Crippen LogP contribution in [0.2, 0.25) is 0 Å². The van der Waals surface area contributed by atoms with E-state index in [1.165, 1.54) is 16.7 Å². The van der Waals surface area contributed by atoms with Gasteiger partial charge in [-0.05, 0) is 35.2 Å². The Kier molecular flexibility index (Phi) is 7.10. The van der Waals surface area contributed by atoms with E-state index < -0.39 is 0 Å². The smallest absolute Gasteiger partial charge is 0.115 e. The molecule has 28 heavy (non-hydrogen) atoms. The third-order valence-corrected chi connectivity index (χ3v) is 5.25. The van der Waals surface area contributed by atoms with Gasteiger partial charge < -0.3 is 15.2 Å². The summed E-state index contributed by atoms with van der Waals surface area (Å²) in [5.74, 6) is 0.546. The van der Waals surface area contributed by atoms with Crippen molar-refractivity contribution in [3.63, 3.8) is 0 Å². The first kappa shape index (κ1) is 20.4. The zero-order valence-corrected chi connectivity index (χ0v) is 16.5. The maximum absolute atomic E-state index is 9.41. The van der Waals surface area contributed by atoms with E-state index in [0.29, 0.717) is 11.8 Å². The molecule has 3 aromatic carbocycles. The second kappa shape index (κ2) is 9.74. The summed E-state index contributed by atoms with van der Waals surface area (Å²) < 4.78 is 6.24. The van der Waals surface area contributed by atoms with Crippen LogP contribution >= 0.6 is 12.4 Å². The van der Waals surface area contributed by atoms with Gasteiger partial charge in [0.2, 0.25) is 0 Å². The summed E-state index contributed by atoms with van der Waals surface area (Å²) >= 11 is 0.